The van der Waals surface area contributed by atoms with E-state index in [2.05, 4.69) is 27.3 Å². The zero-order valence-electron chi connectivity index (χ0n) is 12.6. The molecule has 1 aromatic heterocycles. The lowest BCUT2D eigenvalue weighted by atomic mass is 9.98. The number of hydrogen-bond acceptors (Lipinski definition) is 5. The number of hydrogen-bond donors (Lipinski definition) is 1. The highest BCUT2D eigenvalue weighted by molar-refractivity contribution is 4.96. The smallest absolute Gasteiger partial charge is 0.230 e. The molecule has 2 unspecified atom stereocenters. The molecule has 2 aliphatic rings. The second-order valence-electron chi connectivity index (χ2n) is 6.18. The van der Waals surface area contributed by atoms with Crippen LogP contribution in [0.4, 0.5) is 0 Å². The van der Waals surface area contributed by atoms with Gasteiger partial charge in [-0.15, -0.1) is 10.2 Å². The Balaban J connectivity index is 1.65. The molecule has 0 spiro atoms. The van der Waals surface area contributed by atoms with Crippen molar-refractivity contribution in [3.63, 3.8) is 0 Å². The molecule has 2 aliphatic heterocycles. The van der Waals surface area contributed by atoms with E-state index < -0.39 is 0 Å². The first-order valence-electron chi connectivity index (χ1n) is 8.09. The van der Waals surface area contributed by atoms with Crippen molar-refractivity contribution in [1.29, 1.82) is 0 Å². The normalized spacial score (nSPS) is 29.2. The van der Waals surface area contributed by atoms with Crippen LogP contribution in [-0.2, 0) is 13.0 Å². The standard InChI is InChI=1S/C15H26N4O/c1-3-7-19(10-15-18-17-14(4-2)20-15)13-8-11-5-6-12(9-13)16-11/h11-13,16H,3-10H2,1-2H3. The highest BCUT2D eigenvalue weighted by atomic mass is 16.4. The summed E-state index contributed by atoms with van der Waals surface area (Å²) in [5.74, 6) is 1.53. The van der Waals surface area contributed by atoms with Crippen LogP contribution in [-0.4, -0.2) is 39.8 Å². The van der Waals surface area contributed by atoms with Gasteiger partial charge in [-0.25, -0.2) is 0 Å². The Hall–Kier alpha value is -0.940. The molecule has 0 amide bonds. The van der Waals surface area contributed by atoms with Crippen LogP contribution < -0.4 is 5.32 Å². The molecule has 0 aliphatic carbocycles. The van der Waals surface area contributed by atoms with Gasteiger partial charge in [0.2, 0.25) is 11.8 Å². The molecule has 1 N–H and O–H groups in total. The molecule has 2 fully saturated rings. The average Bonchev–Trinajstić information content (AvgIpc) is 3.05. The van der Waals surface area contributed by atoms with Crippen molar-refractivity contribution in [2.45, 2.75) is 77.0 Å². The topological polar surface area (TPSA) is 54.2 Å². The lowest BCUT2D eigenvalue weighted by Crippen LogP contribution is -2.48. The fourth-order valence-electron chi connectivity index (χ4n) is 3.67. The molecule has 0 aromatic carbocycles. The number of aromatic nitrogens is 2. The molecule has 5 nitrogen and oxygen atoms in total. The van der Waals surface area contributed by atoms with Crippen LogP contribution in [0.3, 0.4) is 0 Å². The van der Waals surface area contributed by atoms with Crippen molar-refractivity contribution < 1.29 is 4.42 Å². The summed E-state index contributed by atoms with van der Waals surface area (Å²) in [5.41, 5.74) is 0. The summed E-state index contributed by atoms with van der Waals surface area (Å²) in [6.45, 7) is 6.22. The van der Waals surface area contributed by atoms with E-state index in [0.717, 1.165) is 43.4 Å². The molecule has 3 heterocycles. The largest absolute Gasteiger partial charge is 0.424 e. The molecule has 1 aromatic rings. The van der Waals surface area contributed by atoms with Gasteiger partial charge in [0, 0.05) is 24.5 Å². The SMILES string of the molecule is CCCN(Cc1nnc(CC)o1)C1CC2CCC(C1)N2. The molecular formula is C15H26N4O. The third kappa shape index (κ3) is 3.04. The molecule has 2 atom stereocenters. The quantitative estimate of drug-likeness (QED) is 0.864. The molecule has 112 valence electrons. The first-order valence-corrected chi connectivity index (χ1v) is 8.09. The summed E-state index contributed by atoms with van der Waals surface area (Å²) in [7, 11) is 0. The van der Waals surface area contributed by atoms with Crippen LogP contribution in [0.2, 0.25) is 0 Å². The van der Waals surface area contributed by atoms with Gasteiger partial charge in [0.15, 0.2) is 0 Å². The minimum absolute atomic E-state index is 0.672. The molecular weight excluding hydrogens is 252 g/mol. The van der Waals surface area contributed by atoms with E-state index in [1.54, 1.807) is 0 Å². The van der Waals surface area contributed by atoms with Gasteiger partial charge in [-0.3, -0.25) is 4.90 Å². The summed E-state index contributed by atoms with van der Waals surface area (Å²) in [4.78, 5) is 2.55. The van der Waals surface area contributed by atoms with Gasteiger partial charge in [0.05, 0.1) is 6.54 Å². The summed E-state index contributed by atoms with van der Waals surface area (Å²) in [6.07, 6.45) is 7.23. The third-order valence-electron chi connectivity index (χ3n) is 4.62. The van der Waals surface area contributed by atoms with E-state index in [9.17, 15) is 0 Å². The monoisotopic (exact) mass is 278 g/mol. The minimum atomic E-state index is 0.672. The Labute approximate surface area is 121 Å². The van der Waals surface area contributed by atoms with E-state index >= 15 is 0 Å². The van der Waals surface area contributed by atoms with Crippen LogP contribution in [0.15, 0.2) is 4.42 Å². The summed E-state index contributed by atoms with van der Waals surface area (Å²) < 4.78 is 5.69. The molecule has 2 bridgehead atoms. The molecule has 0 radical (unpaired) electrons. The Morgan fingerprint density at radius 3 is 2.45 bits per heavy atom. The van der Waals surface area contributed by atoms with Crippen molar-refractivity contribution >= 4 is 0 Å². The summed E-state index contributed by atoms with van der Waals surface area (Å²) >= 11 is 0. The predicted octanol–water partition coefficient (Wildman–Crippen LogP) is 2.13. The van der Waals surface area contributed by atoms with Crippen LogP contribution in [0.1, 0.15) is 57.7 Å². The highest BCUT2D eigenvalue weighted by Gasteiger charge is 2.36. The van der Waals surface area contributed by atoms with E-state index in [1.165, 1.54) is 32.1 Å². The van der Waals surface area contributed by atoms with Crippen molar-refractivity contribution in [2.24, 2.45) is 0 Å². The van der Waals surface area contributed by atoms with Gasteiger partial charge in [-0.2, -0.15) is 0 Å². The van der Waals surface area contributed by atoms with Crippen molar-refractivity contribution in [1.82, 2.24) is 20.4 Å². The molecule has 3 rings (SSSR count). The van der Waals surface area contributed by atoms with E-state index in [-0.39, 0.29) is 0 Å². The van der Waals surface area contributed by atoms with Gasteiger partial charge in [0.25, 0.3) is 0 Å². The summed E-state index contributed by atoms with van der Waals surface area (Å²) in [5, 5.41) is 12.0. The predicted molar refractivity (Wildman–Crippen MR) is 77.3 cm³/mol. The average molecular weight is 278 g/mol. The maximum absolute atomic E-state index is 5.69. The summed E-state index contributed by atoms with van der Waals surface area (Å²) in [6, 6.07) is 2.13. The number of fused-ring (bicyclic) bond motifs is 2. The van der Waals surface area contributed by atoms with Crippen LogP contribution in [0.25, 0.3) is 0 Å². The first kappa shape index (κ1) is 14.0. The number of aryl methyl sites for hydroxylation is 1. The highest BCUT2D eigenvalue weighted by Crippen LogP contribution is 2.30. The van der Waals surface area contributed by atoms with E-state index in [1.807, 2.05) is 6.92 Å². The first-order chi connectivity index (χ1) is 9.78. The van der Waals surface area contributed by atoms with E-state index in [0.29, 0.717) is 6.04 Å². The van der Waals surface area contributed by atoms with Gasteiger partial charge in [0.1, 0.15) is 0 Å². The Bertz CT molecular complexity index is 421. The molecule has 5 heteroatoms. The third-order valence-corrected chi connectivity index (χ3v) is 4.62. The van der Waals surface area contributed by atoms with E-state index in [4.69, 9.17) is 4.42 Å². The lowest BCUT2D eigenvalue weighted by molar-refractivity contribution is 0.122. The zero-order valence-corrected chi connectivity index (χ0v) is 12.6. The lowest BCUT2D eigenvalue weighted by Gasteiger charge is -2.37. The molecule has 0 saturated carbocycles. The van der Waals surface area contributed by atoms with Gasteiger partial charge in [-0.1, -0.05) is 13.8 Å². The van der Waals surface area contributed by atoms with Crippen LogP contribution in [0, 0.1) is 0 Å². The van der Waals surface area contributed by atoms with Gasteiger partial charge in [-0.05, 0) is 38.6 Å². The molecule has 20 heavy (non-hydrogen) atoms. The number of nitrogens with zero attached hydrogens (tertiary/aromatic N) is 3. The Morgan fingerprint density at radius 2 is 1.85 bits per heavy atom. The van der Waals surface area contributed by atoms with Crippen LogP contribution >= 0.6 is 0 Å². The fraction of sp³-hybridized carbons (Fsp3) is 0.867. The molecule has 2 saturated heterocycles. The van der Waals surface area contributed by atoms with Crippen molar-refractivity contribution in [3.8, 4) is 0 Å². The van der Waals surface area contributed by atoms with Gasteiger partial charge < -0.3 is 9.73 Å². The number of rotatable bonds is 6. The second-order valence-corrected chi connectivity index (χ2v) is 6.18. The maximum Gasteiger partial charge on any atom is 0.230 e. The second kappa shape index (κ2) is 6.22. The Morgan fingerprint density at radius 1 is 1.15 bits per heavy atom. The van der Waals surface area contributed by atoms with Crippen molar-refractivity contribution in [3.05, 3.63) is 11.8 Å². The van der Waals surface area contributed by atoms with Crippen molar-refractivity contribution in [2.75, 3.05) is 6.54 Å². The van der Waals surface area contributed by atoms with Crippen LogP contribution in [0.5, 0.6) is 0 Å². The van der Waals surface area contributed by atoms with Gasteiger partial charge >= 0.3 is 0 Å². The Kier molecular flexibility index (Phi) is 4.36. The minimum Gasteiger partial charge on any atom is -0.424 e. The maximum atomic E-state index is 5.69. The number of piperidine rings is 1. The fourth-order valence-corrected chi connectivity index (χ4v) is 3.67. The zero-order chi connectivity index (χ0) is 13.9. The number of nitrogens with one attached hydrogen (secondary N) is 1.